The van der Waals surface area contributed by atoms with E-state index in [1.54, 1.807) is 19.1 Å². The monoisotopic (exact) mass is 348 g/mol. The number of halogens is 2. The highest BCUT2D eigenvalue weighted by Crippen LogP contribution is 2.27. The minimum Gasteiger partial charge on any atom is -0.454 e. The Hall–Kier alpha value is -0.390. The summed E-state index contributed by atoms with van der Waals surface area (Å²) in [6.07, 6.45) is 0. The zero-order valence-electron chi connectivity index (χ0n) is 7.71. The third-order valence-corrected chi connectivity index (χ3v) is 3.94. The predicted molar refractivity (Wildman–Crippen MR) is 66.6 cm³/mol. The van der Waals surface area contributed by atoms with E-state index in [4.69, 9.17) is 4.42 Å². The first-order chi connectivity index (χ1) is 7.08. The molecule has 2 rings (SSSR count). The highest BCUT2D eigenvalue weighted by atomic mass is 79.9. The van der Waals surface area contributed by atoms with Gasteiger partial charge in [-0.2, -0.15) is 0 Å². The van der Waals surface area contributed by atoms with Gasteiger partial charge in [0.15, 0.2) is 4.67 Å². The van der Waals surface area contributed by atoms with Gasteiger partial charge in [0.25, 0.3) is 0 Å². The number of rotatable bonds is 2. The van der Waals surface area contributed by atoms with Crippen LogP contribution < -0.4 is 0 Å². The molecule has 2 nitrogen and oxygen atoms in total. The average molecular weight is 350 g/mol. The first-order valence-electron chi connectivity index (χ1n) is 4.14. The number of thiophene rings is 1. The molecule has 0 saturated carbocycles. The highest BCUT2D eigenvalue weighted by Gasteiger charge is 2.17. The van der Waals surface area contributed by atoms with Gasteiger partial charge in [-0.3, -0.25) is 4.79 Å². The van der Waals surface area contributed by atoms with Crippen molar-refractivity contribution in [2.75, 3.05) is 0 Å². The maximum atomic E-state index is 12.0. The summed E-state index contributed by atoms with van der Waals surface area (Å²) < 4.78 is 6.79. The van der Waals surface area contributed by atoms with Crippen molar-refractivity contribution in [2.24, 2.45) is 0 Å². The molecule has 0 N–H and O–H groups in total. The molecule has 0 spiro atoms. The van der Waals surface area contributed by atoms with E-state index in [-0.39, 0.29) is 5.78 Å². The quantitative estimate of drug-likeness (QED) is 0.752. The first-order valence-corrected chi connectivity index (χ1v) is 6.54. The largest absolute Gasteiger partial charge is 0.454 e. The van der Waals surface area contributed by atoms with Crippen molar-refractivity contribution >= 4 is 49.0 Å². The van der Waals surface area contributed by atoms with E-state index in [2.05, 4.69) is 31.9 Å². The van der Waals surface area contributed by atoms with Crippen LogP contribution >= 0.6 is 43.2 Å². The lowest BCUT2D eigenvalue weighted by Gasteiger charge is -1.93. The zero-order chi connectivity index (χ0) is 11.0. The molecule has 0 fully saturated rings. The molecular formula is C10H6Br2O2S. The van der Waals surface area contributed by atoms with Crippen molar-refractivity contribution in [3.8, 4) is 0 Å². The summed E-state index contributed by atoms with van der Waals surface area (Å²) >= 11 is 7.95. The molecule has 0 aliphatic rings. The fourth-order valence-corrected chi connectivity index (χ4v) is 3.05. The van der Waals surface area contributed by atoms with E-state index < -0.39 is 0 Å². The highest BCUT2D eigenvalue weighted by molar-refractivity contribution is 9.11. The van der Waals surface area contributed by atoms with Crippen molar-refractivity contribution in [3.63, 3.8) is 0 Å². The molecule has 5 heteroatoms. The number of aryl methyl sites for hydroxylation is 1. The van der Waals surface area contributed by atoms with Crippen LogP contribution in [0.3, 0.4) is 0 Å². The summed E-state index contributed by atoms with van der Waals surface area (Å²) in [5.41, 5.74) is 0.608. The molecule has 0 amide bonds. The third kappa shape index (κ3) is 2.24. The summed E-state index contributed by atoms with van der Waals surface area (Å²) in [7, 11) is 0. The van der Waals surface area contributed by atoms with Crippen LogP contribution in [-0.4, -0.2) is 5.78 Å². The van der Waals surface area contributed by atoms with E-state index in [1.807, 2.05) is 6.07 Å². The molecule has 0 atom stereocenters. The Morgan fingerprint density at radius 1 is 1.40 bits per heavy atom. The second kappa shape index (κ2) is 4.23. The lowest BCUT2D eigenvalue weighted by atomic mass is 10.1. The van der Waals surface area contributed by atoms with E-state index in [0.29, 0.717) is 20.9 Å². The van der Waals surface area contributed by atoms with Gasteiger partial charge >= 0.3 is 0 Å². The molecule has 0 aliphatic heterocycles. The second-order valence-electron chi connectivity index (χ2n) is 2.95. The van der Waals surface area contributed by atoms with Crippen molar-refractivity contribution in [1.29, 1.82) is 0 Å². The molecule has 15 heavy (non-hydrogen) atoms. The van der Waals surface area contributed by atoms with Gasteiger partial charge in [0.05, 0.1) is 14.2 Å². The summed E-state index contributed by atoms with van der Waals surface area (Å²) in [6.45, 7) is 1.78. The number of hydrogen-bond acceptors (Lipinski definition) is 3. The van der Waals surface area contributed by atoms with Crippen LogP contribution in [0.25, 0.3) is 0 Å². The van der Waals surface area contributed by atoms with Gasteiger partial charge in [-0.05, 0) is 50.9 Å². The SMILES string of the molecule is Cc1oc(Br)cc1C(=O)c1ccc(Br)s1. The molecule has 0 radical (unpaired) electrons. The van der Waals surface area contributed by atoms with Crippen molar-refractivity contribution < 1.29 is 9.21 Å². The molecule has 0 aliphatic carbocycles. The normalized spacial score (nSPS) is 10.6. The third-order valence-electron chi connectivity index (χ3n) is 1.93. The van der Waals surface area contributed by atoms with E-state index in [0.717, 1.165) is 3.79 Å². The van der Waals surface area contributed by atoms with Gasteiger partial charge in [0.2, 0.25) is 5.78 Å². The number of carbonyl (C=O) groups excluding carboxylic acids is 1. The van der Waals surface area contributed by atoms with E-state index in [9.17, 15) is 4.79 Å². The Morgan fingerprint density at radius 3 is 2.60 bits per heavy atom. The van der Waals surface area contributed by atoms with Gasteiger partial charge in [0, 0.05) is 6.07 Å². The van der Waals surface area contributed by atoms with Crippen molar-refractivity contribution in [1.82, 2.24) is 0 Å². The summed E-state index contributed by atoms with van der Waals surface area (Å²) in [4.78, 5) is 12.7. The molecule has 0 aromatic carbocycles. The van der Waals surface area contributed by atoms with Gasteiger partial charge in [-0.15, -0.1) is 11.3 Å². The van der Waals surface area contributed by atoms with Gasteiger partial charge in [0.1, 0.15) is 5.76 Å². The maximum Gasteiger partial charge on any atom is 0.206 e. The average Bonchev–Trinajstić information content (AvgIpc) is 2.71. The Kier molecular flexibility index (Phi) is 3.13. The lowest BCUT2D eigenvalue weighted by Crippen LogP contribution is -1.97. The maximum absolute atomic E-state index is 12.0. The fourth-order valence-electron chi connectivity index (χ4n) is 1.24. The van der Waals surface area contributed by atoms with Crippen LogP contribution in [0.4, 0.5) is 0 Å². The van der Waals surface area contributed by atoms with Gasteiger partial charge < -0.3 is 4.42 Å². The molecule has 0 unspecified atom stereocenters. The van der Waals surface area contributed by atoms with Crippen LogP contribution in [0.2, 0.25) is 0 Å². The van der Waals surface area contributed by atoms with Crippen molar-refractivity contribution in [3.05, 3.63) is 42.9 Å². The van der Waals surface area contributed by atoms with Crippen LogP contribution in [0.15, 0.2) is 31.1 Å². The fraction of sp³-hybridized carbons (Fsp3) is 0.100. The molecule has 2 aromatic heterocycles. The predicted octanol–water partition coefficient (Wildman–Crippen LogP) is 4.41. The van der Waals surface area contributed by atoms with Crippen LogP contribution in [0.1, 0.15) is 21.0 Å². The number of carbonyl (C=O) groups is 1. The number of ketones is 1. The minimum atomic E-state index is -0.00218. The molecule has 0 bridgehead atoms. The van der Waals surface area contributed by atoms with Crippen LogP contribution in [0, 0.1) is 6.92 Å². The Balaban J connectivity index is 2.40. The number of hydrogen-bond donors (Lipinski definition) is 0. The Morgan fingerprint density at radius 2 is 2.13 bits per heavy atom. The van der Waals surface area contributed by atoms with Crippen molar-refractivity contribution in [2.45, 2.75) is 6.92 Å². The molecular weight excluding hydrogens is 344 g/mol. The zero-order valence-corrected chi connectivity index (χ0v) is 11.7. The molecule has 2 aromatic rings. The summed E-state index contributed by atoms with van der Waals surface area (Å²) in [6, 6.07) is 5.37. The Bertz CT molecular complexity index is 513. The van der Waals surface area contributed by atoms with Gasteiger partial charge in [-0.25, -0.2) is 0 Å². The molecule has 0 saturated heterocycles. The standard InChI is InChI=1S/C10H6Br2O2S/c1-5-6(4-8(11)14-5)10(13)7-2-3-9(12)15-7/h2-4H,1H3. The summed E-state index contributed by atoms with van der Waals surface area (Å²) in [5, 5.41) is 0. The smallest absolute Gasteiger partial charge is 0.206 e. The first kappa shape index (κ1) is 11.1. The topological polar surface area (TPSA) is 30.2 Å². The van der Waals surface area contributed by atoms with Crippen LogP contribution in [-0.2, 0) is 0 Å². The minimum absolute atomic E-state index is 0.00218. The number of furan rings is 1. The van der Waals surface area contributed by atoms with E-state index in [1.165, 1.54) is 11.3 Å². The lowest BCUT2D eigenvalue weighted by molar-refractivity contribution is 0.104. The van der Waals surface area contributed by atoms with Gasteiger partial charge in [-0.1, -0.05) is 0 Å². The molecule has 2 heterocycles. The van der Waals surface area contributed by atoms with Crippen LogP contribution in [0.5, 0.6) is 0 Å². The Labute approximate surface area is 108 Å². The second-order valence-corrected chi connectivity index (χ2v) is 6.20. The van der Waals surface area contributed by atoms with E-state index >= 15 is 0 Å². The molecule has 78 valence electrons. The summed E-state index contributed by atoms with van der Waals surface area (Å²) in [5.74, 6) is 0.633.